The van der Waals surface area contributed by atoms with Crippen LogP contribution in [0.15, 0.2) is 42.7 Å². The van der Waals surface area contributed by atoms with Gasteiger partial charge in [-0.05, 0) is 35.9 Å². The van der Waals surface area contributed by atoms with Gasteiger partial charge < -0.3 is 15.2 Å². The predicted octanol–water partition coefficient (Wildman–Crippen LogP) is 3.89. The summed E-state index contributed by atoms with van der Waals surface area (Å²) in [6, 6.07) is 9.88. The van der Waals surface area contributed by atoms with Crippen molar-refractivity contribution < 1.29 is 0 Å². The molecule has 2 aromatic heterocycles. The Labute approximate surface area is 128 Å². The average Bonchev–Trinajstić information content (AvgIpc) is 2.88. The number of hydrogen-bond acceptors (Lipinski definition) is 3. The molecule has 4 nitrogen and oxygen atoms in total. The summed E-state index contributed by atoms with van der Waals surface area (Å²) in [7, 11) is 4.04. The molecule has 0 aliphatic heterocycles. The van der Waals surface area contributed by atoms with Gasteiger partial charge in [-0.15, -0.1) is 0 Å². The van der Waals surface area contributed by atoms with Crippen LogP contribution in [0.1, 0.15) is 5.56 Å². The van der Waals surface area contributed by atoms with E-state index in [0.717, 1.165) is 27.4 Å². The van der Waals surface area contributed by atoms with Crippen molar-refractivity contribution in [3.05, 3.63) is 53.3 Å². The second-order valence-corrected chi connectivity index (χ2v) is 5.56. The molecule has 3 aromatic rings. The van der Waals surface area contributed by atoms with Gasteiger partial charge in [0.15, 0.2) is 0 Å². The Morgan fingerprint density at radius 2 is 2.14 bits per heavy atom. The summed E-state index contributed by atoms with van der Waals surface area (Å²) < 4.78 is 0. The zero-order valence-corrected chi connectivity index (χ0v) is 12.8. The van der Waals surface area contributed by atoms with Crippen LogP contribution in [0, 0.1) is 0 Å². The second-order valence-electron chi connectivity index (χ2n) is 5.12. The molecule has 21 heavy (non-hydrogen) atoms. The van der Waals surface area contributed by atoms with Gasteiger partial charge in [0.05, 0.1) is 11.4 Å². The average molecular weight is 301 g/mol. The first-order valence-corrected chi connectivity index (χ1v) is 7.14. The number of H-pyrrole nitrogens is 1. The maximum atomic E-state index is 6.10. The molecular weight excluding hydrogens is 284 g/mol. The van der Waals surface area contributed by atoms with Gasteiger partial charge >= 0.3 is 0 Å². The van der Waals surface area contributed by atoms with E-state index < -0.39 is 0 Å². The Morgan fingerprint density at radius 1 is 1.29 bits per heavy atom. The van der Waals surface area contributed by atoms with Crippen molar-refractivity contribution in [3.63, 3.8) is 0 Å². The molecule has 5 heteroatoms. The lowest BCUT2D eigenvalue weighted by atomic mass is 10.2. The number of nitrogens with one attached hydrogen (secondary N) is 2. The molecule has 2 heterocycles. The molecule has 108 valence electrons. The summed E-state index contributed by atoms with van der Waals surface area (Å²) in [4.78, 5) is 9.55. The third-order valence-corrected chi connectivity index (χ3v) is 3.68. The van der Waals surface area contributed by atoms with Gasteiger partial charge in [0, 0.05) is 43.4 Å². The summed E-state index contributed by atoms with van der Waals surface area (Å²) >= 11 is 6.10. The van der Waals surface area contributed by atoms with Crippen molar-refractivity contribution in [1.82, 2.24) is 9.97 Å². The molecule has 0 unspecified atom stereocenters. The fourth-order valence-corrected chi connectivity index (χ4v) is 2.56. The molecular formula is C16H17ClN4. The van der Waals surface area contributed by atoms with Crippen LogP contribution in [0.4, 0.5) is 11.4 Å². The quantitative estimate of drug-likeness (QED) is 0.768. The van der Waals surface area contributed by atoms with Crippen LogP contribution in [0.3, 0.4) is 0 Å². The van der Waals surface area contributed by atoms with Crippen molar-refractivity contribution in [3.8, 4) is 0 Å². The molecule has 0 atom stereocenters. The third kappa shape index (κ3) is 2.81. The van der Waals surface area contributed by atoms with E-state index in [2.05, 4.69) is 26.3 Å². The minimum Gasteiger partial charge on any atom is -0.379 e. The molecule has 0 amide bonds. The molecule has 0 bridgehead atoms. The van der Waals surface area contributed by atoms with Gasteiger partial charge in [-0.25, -0.2) is 4.98 Å². The molecule has 0 fully saturated rings. The zero-order valence-electron chi connectivity index (χ0n) is 12.0. The molecule has 1 aromatic carbocycles. The first-order chi connectivity index (χ1) is 10.1. The number of pyridine rings is 1. The monoisotopic (exact) mass is 300 g/mol. The fourth-order valence-electron chi connectivity index (χ4n) is 2.39. The Kier molecular flexibility index (Phi) is 3.71. The van der Waals surface area contributed by atoms with Gasteiger partial charge in [-0.3, -0.25) is 0 Å². The van der Waals surface area contributed by atoms with E-state index in [-0.39, 0.29) is 0 Å². The number of fused-ring (bicyclic) bond motifs is 1. The maximum Gasteiger partial charge on any atom is 0.137 e. The molecule has 2 N–H and O–H groups in total. The largest absolute Gasteiger partial charge is 0.379 e. The highest BCUT2D eigenvalue weighted by Crippen LogP contribution is 2.28. The number of aromatic nitrogens is 2. The van der Waals surface area contributed by atoms with E-state index in [1.807, 2.05) is 44.6 Å². The number of nitrogens with zero attached hydrogens (tertiary/aromatic N) is 2. The van der Waals surface area contributed by atoms with Crippen molar-refractivity contribution in [2.24, 2.45) is 0 Å². The Bertz CT molecular complexity index is 764. The van der Waals surface area contributed by atoms with Crippen molar-refractivity contribution >= 4 is 34.0 Å². The molecule has 0 aliphatic rings. The number of hydrogen-bond donors (Lipinski definition) is 2. The van der Waals surface area contributed by atoms with Crippen LogP contribution in [-0.2, 0) is 6.54 Å². The molecule has 3 rings (SSSR count). The highest BCUT2D eigenvalue weighted by Gasteiger charge is 2.07. The molecule has 0 aliphatic carbocycles. The fraction of sp³-hybridized carbons (Fsp3) is 0.188. The van der Waals surface area contributed by atoms with Crippen molar-refractivity contribution in [2.45, 2.75) is 6.54 Å². The van der Waals surface area contributed by atoms with Crippen molar-refractivity contribution in [1.29, 1.82) is 0 Å². The Hall–Kier alpha value is -2.20. The number of anilines is 2. The van der Waals surface area contributed by atoms with Crippen LogP contribution in [-0.4, -0.2) is 24.1 Å². The number of aromatic amines is 1. The number of rotatable bonds is 4. The highest BCUT2D eigenvalue weighted by atomic mass is 35.5. The lowest BCUT2D eigenvalue weighted by Gasteiger charge is -2.18. The lowest BCUT2D eigenvalue weighted by molar-refractivity contribution is 1.10. The summed E-state index contributed by atoms with van der Waals surface area (Å²) in [6.45, 7) is 0.715. The topological polar surface area (TPSA) is 44.0 Å². The van der Waals surface area contributed by atoms with E-state index in [9.17, 15) is 0 Å². The minimum absolute atomic E-state index is 0.715. The smallest absolute Gasteiger partial charge is 0.137 e. The Balaban J connectivity index is 1.86. The second kappa shape index (κ2) is 5.66. The standard InChI is InChI=1S/C16H17ClN4/c1-21(2)15-6-5-12(17)8-14(15)19-9-11-10-20-16-13(11)4-3-7-18-16/h3-8,10,19H,9H2,1-2H3,(H,18,20). The zero-order chi connectivity index (χ0) is 14.8. The molecule has 0 radical (unpaired) electrons. The summed E-state index contributed by atoms with van der Waals surface area (Å²) in [5, 5.41) is 5.32. The summed E-state index contributed by atoms with van der Waals surface area (Å²) in [5.41, 5.74) is 4.22. The first kappa shape index (κ1) is 13.8. The lowest BCUT2D eigenvalue weighted by Crippen LogP contribution is -2.12. The van der Waals surface area contributed by atoms with E-state index in [4.69, 9.17) is 11.6 Å². The van der Waals surface area contributed by atoms with Crippen LogP contribution >= 0.6 is 11.6 Å². The number of benzene rings is 1. The van der Waals surface area contributed by atoms with E-state index in [0.29, 0.717) is 6.54 Å². The van der Waals surface area contributed by atoms with Crippen molar-refractivity contribution in [2.75, 3.05) is 24.3 Å². The third-order valence-electron chi connectivity index (χ3n) is 3.45. The first-order valence-electron chi connectivity index (χ1n) is 6.77. The van der Waals surface area contributed by atoms with Crippen LogP contribution in [0.25, 0.3) is 11.0 Å². The van der Waals surface area contributed by atoms with E-state index >= 15 is 0 Å². The van der Waals surface area contributed by atoms with Gasteiger partial charge in [-0.2, -0.15) is 0 Å². The van der Waals surface area contributed by atoms with Gasteiger partial charge in [0.1, 0.15) is 5.65 Å². The normalized spacial score (nSPS) is 10.8. The van der Waals surface area contributed by atoms with Gasteiger partial charge in [0.2, 0.25) is 0 Å². The Morgan fingerprint density at radius 3 is 2.95 bits per heavy atom. The van der Waals surface area contributed by atoms with Gasteiger partial charge in [0.25, 0.3) is 0 Å². The van der Waals surface area contributed by atoms with E-state index in [1.54, 1.807) is 6.20 Å². The summed E-state index contributed by atoms with van der Waals surface area (Å²) in [5.74, 6) is 0. The van der Waals surface area contributed by atoms with Gasteiger partial charge in [-0.1, -0.05) is 11.6 Å². The van der Waals surface area contributed by atoms with Crippen LogP contribution < -0.4 is 10.2 Å². The van der Waals surface area contributed by atoms with Crippen LogP contribution in [0.5, 0.6) is 0 Å². The SMILES string of the molecule is CN(C)c1ccc(Cl)cc1NCc1c[nH]c2ncccc12. The van der Waals surface area contributed by atoms with E-state index in [1.165, 1.54) is 5.56 Å². The predicted molar refractivity (Wildman–Crippen MR) is 89.2 cm³/mol. The molecule has 0 spiro atoms. The van der Waals surface area contributed by atoms with Crippen LogP contribution in [0.2, 0.25) is 5.02 Å². The molecule has 0 saturated heterocycles. The number of halogens is 1. The highest BCUT2D eigenvalue weighted by molar-refractivity contribution is 6.31. The minimum atomic E-state index is 0.715. The maximum absolute atomic E-state index is 6.10. The summed E-state index contributed by atoms with van der Waals surface area (Å²) in [6.07, 6.45) is 3.78. The molecule has 0 saturated carbocycles.